The van der Waals surface area contributed by atoms with Gasteiger partial charge in [0.1, 0.15) is 11.4 Å². The number of benzene rings is 1. The van der Waals surface area contributed by atoms with E-state index in [-0.39, 0.29) is 6.61 Å². The molecule has 0 bridgehead atoms. The van der Waals surface area contributed by atoms with Crippen LogP contribution in [0.5, 0.6) is 5.75 Å². The summed E-state index contributed by atoms with van der Waals surface area (Å²) in [6.45, 7) is 7.73. The molecule has 0 aliphatic heterocycles. The number of hydrogen-bond donors (Lipinski definition) is 1. The van der Waals surface area contributed by atoms with Crippen LogP contribution in [0.4, 0.5) is 4.79 Å². The molecular formula is C16H23NO5. The Kier molecular flexibility index (Phi) is 6.69. The summed E-state index contributed by atoms with van der Waals surface area (Å²) in [5.41, 5.74) is 0.379. The largest absolute Gasteiger partial charge is 0.482 e. The Morgan fingerprint density at radius 3 is 2.32 bits per heavy atom. The zero-order chi connectivity index (χ0) is 16.6. The van der Waals surface area contributed by atoms with Gasteiger partial charge < -0.3 is 19.5 Å². The summed E-state index contributed by atoms with van der Waals surface area (Å²) in [5.74, 6) is 0.159. The highest BCUT2D eigenvalue weighted by Crippen LogP contribution is 2.12. The number of alkyl carbamates (subject to hydrolysis) is 1. The van der Waals surface area contributed by atoms with Gasteiger partial charge in [-0.15, -0.1) is 0 Å². The Bertz CT molecular complexity index is 490. The van der Waals surface area contributed by atoms with Crippen molar-refractivity contribution in [3.05, 3.63) is 29.8 Å². The van der Waals surface area contributed by atoms with E-state index in [1.54, 1.807) is 31.2 Å². The lowest BCUT2D eigenvalue weighted by Gasteiger charge is -2.19. The van der Waals surface area contributed by atoms with Crippen molar-refractivity contribution >= 4 is 12.1 Å². The highest BCUT2D eigenvalue weighted by Gasteiger charge is 2.15. The van der Waals surface area contributed by atoms with Crippen molar-refractivity contribution < 1.29 is 23.8 Å². The van der Waals surface area contributed by atoms with Crippen molar-refractivity contribution in [3.8, 4) is 5.75 Å². The summed E-state index contributed by atoms with van der Waals surface area (Å²) in [4.78, 5) is 22.7. The number of nitrogens with one attached hydrogen (secondary N) is 1. The summed E-state index contributed by atoms with van der Waals surface area (Å²) in [7, 11) is 0. The van der Waals surface area contributed by atoms with E-state index in [1.165, 1.54) is 0 Å². The maximum absolute atomic E-state index is 11.5. The van der Waals surface area contributed by atoms with E-state index in [9.17, 15) is 9.59 Å². The maximum Gasteiger partial charge on any atom is 0.407 e. The molecule has 6 nitrogen and oxygen atoms in total. The van der Waals surface area contributed by atoms with Crippen molar-refractivity contribution in [3.63, 3.8) is 0 Å². The van der Waals surface area contributed by atoms with Crippen LogP contribution >= 0.6 is 0 Å². The zero-order valence-electron chi connectivity index (χ0n) is 13.5. The molecule has 22 heavy (non-hydrogen) atoms. The van der Waals surface area contributed by atoms with Gasteiger partial charge in [0.15, 0.2) is 6.61 Å². The van der Waals surface area contributed by atoms with Gasteiger partial charge in [0.2, 0.25) is 0 Å². The quantitative estimate of drug-likeness (QED) is 0.818. The Balaban J connectivity index is 2.38. The molecule has 1 amide bonds. The van der Waals surface area contributed by atoms with E-state index in [4.69, 9.17) is 14.2 Å². The molecule has 0 fully saturated rings. The van der Waals surface area contributed by atoms with Crippen molar-refractivity contribution in [1.82, 2.24) is 5.32 Å². The summed E-state index contributed by atoms with van der Waals surface area (Å²) in [6.07, 6.45) is -0.463. The molecule has 0 aliphatic carbocycles. The van der Waals surface area contributed by atoms with Crippen LogP contribution in [0.2, 0.25) is 0 Å². The molecule has 0 heterocycles. The molecule has 1 aromatic rings. The average Bonchev–Trinajstić information content (AvgIpc) is 2.42. The Morgan fingerprint density at radius 2 is 1.77 bits per heavy atom. The van der Waals surface area contributed by atoms with E-state index < -0.39 is 17.7 Å². The first-order valence-electron chi connectivity index (χ1n) is 7.14. The number of esters is 1. The molecule has 0 unspecified atom stereocenters. The summed E-state index contributed by atoms with van der Waals surface area (Å²) < 4.78 is 15.2. The molecule has 0 aliphatic rings. The zero-order valence-corrected chi connectivity index (χ0v) is 13.5. The first-order chi connectivity index (χ1) is 10.3. The summed E-state index contributed by atoms with van der Waals surface area (Å²) in [6, 6.07) is 7.06. The standard InChI is InChI=1S/C16H23NO5/c1-5-20-14(18)11-21-13-8-6-12(7-9-13)10-17-15(19)22-16(2,3)4/h6-9H,5,10-11H2,1-4H3,(H,17,19). The van der Waals surface area contributed by atoms with Gasteiger partial charge in [-0.2, -0.15) is 0 Å². The van der Waals surface area contributed by atoms with E-state index in [1.807, 2.05) is 20.8 Å². The van der Waals surface area contributed by atoms with E-state index in [0.717, 1.165) is 5.56 Å². The van der Waals surface area contributed by atoms with Crippen LogP contribution in [0.15, 0.2) is 24.3 Å². The second-order valence-corrected chi connectivity index (χ2v) is 5.59. The van der Waals surface area contributed by atoms with Gasteiger partial charge in [0.05, 0.1) is 6.61 Å². The number of rotatable bonds is 6. The lowest BCUT2D eigenvalue weighted by atomic mass is 10.2. The third-order valence-electron chi connectivity index (χ3n) is 2.42. The van der Waals surface area contributed by atoms with Crippen LogP contribution in [0.1, 0.15) is 33.3 Å². The minimum Gasteiger partial charge on any atom is -0.482 e. The molecule has 0 radical (unpaired) electrons. The van der Waals surface area contributed by atoms with Crippen molar-refractivity contribution in [1.29, 1.82) is 0 Å². The predicted octanol–water partition coefficient (Wildman–Crippen LogP) is 2.65. The van der Waals surface area contributed by atoms with Gasteiger partial charge in [-0.1, -0.05) is 12.1 Å². The lowest BCUT2D eigenvalue weighted by Crippen LogP contribution is -2.32. The van der Waals surface area contributed by atoms with Crippen LogP contribution in [-0.4, -0.2) is 30.9 Å². The van der Waals surface area contributed by atoms with Gasteiger partial charge in [-0.05, 0) is 45.4 Å². The van der Waals surface area contributed by atoms with Gasteiger partial charge in [0, 0.05) is 6.54 Å². The third-order valence-corrected chi connectivity index (χ3v) is 2.42. The van der Waals surface area contributed by atoms with Crippen molar-refractivity contribution in [2.45, 2.75) is 39.8 Å². The minimum atomic E-state index is -0.519. The molecular weight excluding hydrogens is 286 g/mol. The van der Waals surface area contributed by atoms with Crippen LogP contribution < -0.4 is 10.1 Å². The Hall–Kier alpha value is -2.24. The predicted molar refractivity (Wildman–Crippen MR) is 81.6 cm³/mol. The van der Waals surface area contributed by atoms with Crippen LogP contribution in [-0.2, 0) is 20.8 Å². The molecule has 0 saturated carbocycles. The van der Waals surface area contributed by atoms with E-state index in [0.29, 0.717) is 18.9 Å². The SMILES string of the molecule is CCOC(=O)COc1ccc(CNC(=O)OC(C)(C)C)cc1. The molecule has 1 rings (SSSR count). The second-order valence-electron chi connectivity index (χ2n) is 5.59. The fourth-order valence-corrected chi connectivity index (χ4v) is 1.54. The fourth-order valence-electron chi connectivity index (χ4n) is 1.54. The van der Waals surface area contributed by atoms with Gasteiger partial charge in [-0.3, -0.25) is 0 Å². The topological polar surface area (TPSA) is 73.9 Å². The maximum atomic E-state index is 11.5. The van der Waals surface area contributed by atoms with Crippen molar-refractivity contribution in [2.75, 3.05) is 13.2 Å². The molecule has 1 N–H and O–H groups in total. The van der Waals surface area contributed by atoms with Gasteiger partial charge >= 0.3 is 12.1 Å². The number of amides is 1. The fraction of sp³-hybridized carbons (Fsp3) is 0.500. The normalized spacial score (nSPS) is 10.7. The smallest absolute Gasteiger partial charge is 0.407 e. The molecule has 0 atom stereocenters. The number of carbonyl (C=O) groups is 2. The number of carbonyl (C=O) groups excluding carboxylic acids is 2. The van der Waals surface area contributed by atoms with Crippen LogP contribution in [0.25, 0.3) is 0 Å². The third kappa shape index (κ3) is 7.52. The van der Waals surface area contributed by atoms with Crippen LogP contribution in [0.3, 0.4) is 0 Å². The monoisotopic (exact) mass is 309 g/mol. The Labute approximate surface area is 130 Å². The average molecular weight is 309 g/mol. The van der Waals surface area contributed by atoms with Crippen LogP contribution in [0, 0.1) is 0 Å². The van der Waals surface area contributed by atoms with E-state index in [2.05, 4.69) is 5.32 Å². The number of ether oxygens (including phenoxy) is 3. The molecule has 6 heteroatoms. The van der Waals surface area contributed by atoms with Gasteiger partial charge in [0.25, 0.3) is 0 Å². The molecule has 122 valence electrons. The summed E-state index contributed by atoms with van der Waals surface area (Å²) in [5, 5.41) is 2.67. The first-order valence-corrected chi connectivity index (χ1v) is 7.14. The lowest BCUT2D eigenvalue weighted by molar-refractivity contribution is -0.145. The van der Waals surface area contributed by atoms with Crippen molar-refractivity contribution in [2.24, 2.45) is 0 Å². The minimum absolute atomic E-state index is 0.122. The highest BCUT2D eigenvalue weighted by atomic mass is 16.6. The van der Waals surface area contributed by atoms with E-state index >= 15 is 0 Å². The summed E-state index contributed by atoms with van der Waals surface area (Å²) >= 11 is 0. The first kappa shape index (κ1) is 17.8. The molecule has 0 saturated heterocycles. The van der Waals surface area contributed by atoms with Gasteiger partial charge in [-0.25, -0.2) is 9.59 Å². The highest BCUT2D eigenvalue weighted by molar-refractivity contribution is 5.71. The molecule has 0 aromatic heterocycles. The second kappa shape index (κ2) is 8.26. The molecule has 1 aromatic carbocycles. The molecule has 0 spiro atoms. The Morgan fingerprint density at radius 1 is 1.14 bits per heavy atom. The number of hydrogen-bond acceptors (Lipinski definition) is 5.